The molecule has 0 aromatic carbocycles. The molecule has 1 unspecified atom stereocenters. The lowest BCUT2D eigenvalue weighted by Gasteiger charge is -2.07. The van der Waals surface area contributed by atoms with Gasteiger partial charge in [-0.2, -0.15) is 0 Å². The Morgan fingerprint density at radius 3 is 2.94 bits per heavy atom. The first-order valence-corrected chi connectivity index (χ1v) is 5.22. The van der Waals surface area contributed by atoms with Crippen molar-refractivity contribution in [3.63, 3.8) is 0 Å². The van der Waals surface area contributed by atoms with E-state index in [4.69, 9.17) is 10.2 Å². The Morgan fingerprint density at radius 2 is 2.31 bits per heavy atom. The normalized spacial score (nSPS) is 12.4. The highest BCUT2D eigenvalue weighted by atomic mass is 16.4. The van der Waals surface area contributed by atoms with Crippen LogP contribution in [0.5, 0.6) is 0 Å². The standard InChI is InChI=1S/C9H17N5O2/c1-3-4-11-6(2)8-13-14-9(16-8)12-5-7(10)15/h6,11H,3-5H2,1-2H3,(H2,10,15)(H,12,14). The summed E-state index contributed by atoms with van der Waals surface area (Å²) in [5, 5.41) is 13.4. The van der Waals surface area contributed by atoms with E-state index in [0.717, 1.165) is 13.0 Å². The molecule has 1 heterocycles. The molecule has 0 radical (unpaired) electrons. The number of hydrogen-bond donors (Lipinski definition) is 3. The highest BCUT2D eigenvalue weighted by Crippen LogP contribution is 2.12. The molecule has 7 nitrogen and oxygen atoms in total. The highest BCUT2D eigenvalue weighted by Gasteiger charge is 2.12. The Morgan fingerprint density at radius 1 is 1.56 bits per heavy atom. The number of nitrogens with one attached hydrogen (secondary N) is 2. The van der Waals surface area contributed by atoms with Gasteiger partial charge in [-0.05, 0) is 19.9 Å². The van der Waals surface area contributed by atoms with E-state index in [2.05, 4.69) is 27.8 Å². The van der Waals surface area contributed by atoms with Gasteiger partial charge in [-0.1, -0.05) is 12.0 Å². The lowest BCUT2D eigenvalue weighted by atomic mass is 10.3. The van der Waals surface area contributed by atoms with Gasteiger partial charge in [0.25, 0.3) is 0 Å². The van der Waals surface area contributed by atoms with Crippen LogP contribution in [-0.4, -0.2) is 29.2 Å². The third kappa shape index (κ3) is 3.85. The zero-order chi connectivity index (χ0) is 12.0. The van der Waals surface area contributed by atoms with Gasteiger partial charge in [-0.3, -0.25) is 4.79 Å². The fraction of sp³-hybridized carbons (Fsp3) is 0.667. The molecule has 4 N–H and O–H groups in total. The molecule has 0 bridgehead atoms. The van der Waals surface area contributed by atoms with Gasteiger partial charge in [0.15, 0.2) is 0 Å². The Hall–Kier alpha value is -1.63. The fourth-order valence-corrected chi connectivity index (χ4v) is 1.09. The van der Waals surface area contributed by atoms with Gasteiger partial charge in [-0.25, -0.2) is 0 Å². The van der Waals surface area contributed by atoms with Crippen molar-refractivity contribution < 1.29 is 9.21 Å². The van der Waals surface area contributed by atoms with Crippen LogP contribution in [0.2, 0.25) is 0 Å². The smallest absolute Gasteiger partial charge is 0.315 e. The second-order valence-corrected chi connectivity index (χ2v) is 3.44. The van der Waals surface area contributed by atoms with Gasteiger partial charge in [-0.15, -0.1) is 5.10 Å². The van der Waals surface area contributed by atoms with E-state index in [-0.39, 0.29) is 18.6 Å². The molecule has 0 saturated heterocycles. The number of carbonyl (C=O) groups excluding carboxylic acids is 1. The highest BCUT2D eigenvalue weighted by molar-refractivity contribution is 5.78. The molecule has 16 heavy (non-hydrogen) atoms. The molecule has 1 rings (SSSR count). The topological polar surface area (TPSA) is 106 Å². The largest absolute Gasteiger partial charge is 0.406 e. The molecule has 0 aliphatic heterocycles. The average molecular weight is 227 g/mol. The zero-order valence-corrected chi connectivity index (χ0v) is 9.49. The molecule has 0 spiro atoms. The number of anilines is 1. The zero-order valence-electron chi connectivity index (χ0n) is 9.49. The van der Waals surface area contributed by atoms with E-state index < -0.39 is 5.91 Å². The number of primary amides is 1. The Kier molecular flexibility index (Phi) is 4.71. The maximum atomic E-state index is 10.5. The maximum Gasteiger partial charge on any atom is 0.315 e. The van der Waals surface area contributed by atoms with Crippen LogP contribution in [0.4, 0.5) is 6.01 Å². The number of amides is 1. The first-order valence-electron chi connectivity index (χ1n) is 5.22. The monoisotopic (exact) mass is 227 g/mol. The van der Waals surface area contributed by atoms with Crippen molar-refractivity contribution in [2.75, 3.05) is 18.4 Å². The number of nitrogens with two attached hydrogens (primary N) is 1. The van der Waals surface area contributed by atoms with Crippen molar-refractivity contribution in [1.29, 1.82) is 0 Å². The predicted octanol–water partition coefficient (Wildman–Crippen LogP) is 0.0274. The van der Waals surface area contributed by atoms with Crippen molar-refractivity contribution >= 4 is 11.9 Å². The molecule has 90 valence electrons. The van der Waals surface area contributed by atoms with Crippen LogP contribution in [-0.2, 0) is 4.79 Å². The minimum Gasteiger partial charge on any atom is -0.406 e. The minimum atomic E-state index is -0.475. The first kappa shape index (κ1) is 12.4. The molecule has 1 aromatic heterocycles. The third-order valence-electron chi connectivity index (χ3n) is 1.93. The summed E-state index contributed by atoms with van der Waals surface area (Å²) in [7, 11) is 0. The van der Waals surface area contributed by atoms with E-state index >= 15 is 0 Å². The number of carbonyl (C=O) groups is 1. The summed E-state index contributed by atoms with van der Waals surface area (Å²) in [5.41, 5.74) is 4.97. The Labute approximate surface area is 93.8 Å². The molecular weight excluding hydrogens is 210 g/mol. The molecule has 0 aliphatic carbocycles. The van der Waals surface area contributed by atoms with E-state index in [1.165, 1.54) is 0 Å². The van der Waals surface area contributed by atoms with Crippen molar-refractivity contribution in [3.8, 4) is 0 Å². The van der Waals surface area contributed by atoms with Crippen LogP contribution in [0.25, 0.3) is 0 Å². The van der Waals surface area contributed by atoms with Gasteiger partial charge >= 0.3 is 6.01 Å². The summed E-state index contributed by atoms with van der Waals surface area (Å²) in [4.78, 5) is 10.5. The number of nitrogens with zero attached hydrogens (tertiary/aromatic N) is 2. The predicted molar refractivity (Wildman–Crippen MR) is 58.7 cm³/mol. The lowest BCUT2D eigenvalue weighted by molar-refractivity contribution is -0.116. The molecule has 1 aromatic rings. The summed E-state index contributed by atoms with van der Waals surface area (Å²) in [6, 6.07) is 0.204. The SMILES string of the molecule is CCCNC(C)c1nnc(NCC(N)=O)o1. The van der Waals surface area contributed by atoms with Crippen LogP contribution >= 0.6 is 0 Å². The third-order valence-corrected chi connectivity index (χ3v) is 1.93. The van der Waals surface area contributed by atoms with E-state index in [9.17, 15) is 4.79 Å². The summed E-state index contributed by atoms with van der Waals surface area (Å²) < 4.78 is 5.29. The second-order valence-electron chi connectivity index (χ2n) is 3.44. The van der Waals surface area contributed by atoms with Gasteiger partial charge < -0.3 is 20.8 Å². The summed E-state index contributed by atoms with van der Waals surface area (Å²) in [5.74, 6) is 0.0114. The van der Waals surface area contributed by atoms with Crippen molar-refractivity contribution in [2.24, 2.45) is 5.73 Å². The number of hydrogen-bond acceptors (Lipinski definition) is 6. The van der Waals surface area contributed by atoms with E-state index in [0.29, 0.717) is 5.89 Å². The quantitative estimate of drug-likeness (QED) is 0.606. The van der Waals surface area contributed by atoms with Crippen molar-refractivity contribution in [2.45, 2.75) is 26.3 Å². The molecule has 1 amide bonds. The van der Waals surface area contributed by atoms with Gasteiger partial charge in [0.2, 0.25) is 11.8 Å². The molecule has 7 heteroatoms. The van der Waals surface area contributed by atoms with E-state index in [1.54, 1.807) is 0 Å². The molecule has 0 aliphatic rings. The first-order chi connectivity index (χ1) is 7.63. The van der Waals surface area contributed by atoms with Crippen LogP contribution in [0.15, 0.2) is 4.42 Å². The lowest BCUT2D eigenvalue weighted by Crippen LogP contribution is -2.21. The van der Waals surface area contributed by atoms with Crippen LogP contribution in [0, 0.1) is 0 Å². The summed E-state index contributed by atoms with van der Waals surface area (Å²) >= 11 is 0. The molecule has 0 saturated carbocycles. The van der Waals surface area contributed by atoms with Crippen LogP contribution in [0.1, 0.15) is 32.2 Å². The summed E-state index contributed by atoms with van der Waals surface area (Å²) in [6.07, 6.45) is 1.03. The average Bonchev–Trinajstić information content (AvgIpc) is 2.71. The number of rotatable bonds is 7. The Balaban J connectivity index is 2.46. The molecule has 1 atom stereocenters. The van der Waals surface area contributed by atoms with E-state index in [1.807, 2.05) is 6.92 Å². The minimum absolute atomic E-state index is 0.00317. The van der Waals surface area contributed by atoms with Crippen molar-refractivity contribution in [1.82, 2.24) is 15.5 Å². The summed E-state index contributed by atoms with van der Waals surface area (Å²) in [6.45, 7) is 4.88. The van der Waals surface area contributed by atoms with Gasteiger partial charge in [0.1, 0.15) is 0 Å². The maximum absolute atomic E-state index is 10.5. The molecular formula is C9H17N5O2. The fourth-order valence-electron chi connectivity index (χ4n) is 1.09. The van der Waals surface area contributed by atoms with Crippen molar-refractivity contribution in [3.05, 3.63) is 5.89 Å². The number of aromatic nitrogens is 2. The Bertz CT molecular complexity index is 338. The second kappa shape index (κ2) is 6.06. The molecule has 0 fully saturated rings. The van der Waals surface area contributed by atoms with Gasteiger partial charge in [0.05, 0.1) is 12.6 Å². The van der Waals surface area contributed by atoms with Crippen LogP contribution in [0.3, 0.4) is 0 Å². The van der Waals surface area contributed by atoms with Crippen LogP contribution < -0.4 is 16.4 Å². The van der Waals surface area contributed by atoms with Gasteiger partial charge in [0, 0.05) is 0 Å².